The van der Waals surface area contributed by atoms with Crippen molar-refractivity contribution in [2.24, 2.45) is 0 Å². The second-order valence-electron chi connectivity index (χ2n) is 5.04. The van der Waals surface area contributed by atoms with Crippen LogP contribution in [-0.4, -0.2) is 25.5 Å². The van der Waals surface area contributed by atoms with Gasteiger partial charge in [-0.05, 0) is 57.7 Å². The maximum atomic E-state index is 14.0. The highest BCUT2D eigenvalue weighted by molar-refractivity contribution is 5.38. The Kier molecular flexibility index (Phi) is 5.13. The summed E-state index contributed by atoms with van der Waals surface area (Å²) in [6.45, 7) is 0.930. The van der Waals surface area contributed by atoms with Crippen molar-refractivity contribution in [3.63, 3.8) is 0 Å². The van der Waals surface area contributed by atoms with E-state index in [1.165, 1.54) is 6.07 Å². The molecule has 2 aromatic rings. The maximum Gasteiger partial charge on any atom is 0.133 e. The third kappa shape index (κ3) is 4.07. The Morgan fingerprint density at radius 2 is 1.75 bits per heavy atom. The average molecular weight is 273 g/mol. The Morgan fingerprint density at radius 1 is 1.00 bits per heavy atom. The summed E-state index contributed by atoms with van der Waals surface area (Å²) in [4.78, 5) is 2.10. The van der Waals surface area contributed by atoms with Gasteiger partial charge in [-0.15, -0.1) is 0 Å². The van der Waals surface area contributed by atoms with Gasteiger partial charge < -0.3 is 9.64 Å². The molecule has 0 aliphatic carbocycles. The molecule has 106 valence electrons. The fourth-order valence-corrected chi connectivity index (χ4v) is 2.06. The molecule has 2 rings (SSSR count). The molecule has 2 nitrogen and oxygen atoms in total. The molecular formula is C17H20FNO. The number of benzene rings is 2. The molecule has 2 aromatic carbocycles. The summed E-state index contributed by atoms with van der Waals surface area (Å²) in [5, 5.41) is 0. The van der Waals surface area contributed by atoms with Crippen molar-refractivity contribution in [1.82, 2.24) is 4.90 Å². The molecule has 0 saturated heterocycles. The molecule has 0 aromatic heterocycles. The van der Waals surface area contributed by atoms with E-state index < -0.39 is 0 Å². The summed E-state index contributed by atoms with van der Waals surface area (Å²) in [6, 6.07) is 14.5. The molecule has 0 aliphatic rings. The standard InChI is InChI=1S/C17H20FNO/c1-19(2)13-7-10-15-16(18)11-6-12-17(15)20-14-8-4-3-5-9-14/h3-6,8-9,11-12H,7,10,13H2,1-2H3. The third-order valence-corrected chi connectivity index (χ3v) is 3.08. The van der Waals surface area contributed by atoms with Gasteiger partial charge in [0.25, 0.3) is 0 Å². The monoisotopic (exact) mass is 273 g/mol. The van der Waals surface area contributed by atoms with Crippen molar-refractivity contribution in [2.75, 3.05) is 20.6 Å². The summed E-state index contributed by atoms with van der Waals surface area (Å²) >= 11 is 0. The second-order valence-corrected chi connectivity index (χ2v) is 5.04. The zero-order chi connectivity index (χ0) is 14.4. The molecule has 0 bridgehead atoms. The van der Waals surface area contributed by atoms with Gasteiger partial charge in [-0.25, -0.2) is 4.39 Å². The van der Waals surface area contributed by atoms with Crippen molar-refractivity contribution in [2.45, 2.75) is 12.8 Å². The molecule has 3 heteroatoms. The second kappa shape index (κ2) is 7.06. The minimum Gasteiger partial charge on any atom is -0.457 e. The first-order valence-corrected chi connectivity index (χ1v) is 6.82. The van der Waals surface area contributed by atoms with Crippen LogP contribution >= 0.6 is 0 Å². The maximum absolute atomic E-state index is 14.0. The number of hydrogen-bond acceptors (Lipinski definition) is 2. The number of ether oxygens (including phenoxy) is 1. The van der Waals surface area contributed by atoms with Gasteiger partial charge in [0, 0.05) is 5.56 Å². The third-order valence-electron chi connectivity index (χ3n) is 3.08. The van der Waals surface area contributed by atoms with Crippen molar-refractivity contribution in [1.29, 1.82) is 0 Å². The summed E-state index contributed by atoms with van der Waals surface area (Å²) in [5.41, 5.74) is 0.651. The van der Waals surface area contributed by atoms with E-state index in [0.29, 0.717) is 17.7 Å². The first-order chi connectivity index (χ1) is 9.66. The van der Waals surface area contributed by atoms with E-state index in [9.17, 15) is 4.39 Å². The van der Waals surface area contributed by atoms with Crippen LogP contribution in [0.1, 0.15) is 12.0 Å². The molecule has 0 N–H and O–H groups in total. The summed E-state index contributed by atoms with van der Waals surface area (Å²) in [6.07, 6.45) is 1.58. The van der Waals surface area contributed by atoms with E-state index >= 15 is 0 Å². The van der Waals surface area contributed by atoms with Gasteiger partial charge in [0.1, 0.15) is 17.3 Å². The molecule has 0 atom stereocenters. The van der Waals surface area contributed by atoms with Crippen LogP contribution in [0.3, 0.4) is 0 Å². The quantitative estimate of drug-likeness (QED) is 0.785. The lowest BCUT2D eigenvalue weighted by Crippen LogP contribution is -2.13. The molecular weight excluding hydrogens is 253 g/mol. The normalized spacial score (nSPS) is 10.8. The van der Waals surface area contributed by atoms with Crippen molar-refractivity contribution in [3.05, 3.63) is 59.9 Å². The Labute approximate surface area is 119 Å². The largest absolute Gasteiger partial charge is 0.457 e. The molecule has 0 amide bonds. The van der Waals surface area contributed by atoms with Gasteiger partial charge in [-0.3, -0.25) is 0 Å². The van der Waals surface area contributed by atoms with Gasteiger partial charge in [-0.2, -0.15) is 0 Å². The zero-order valence-corrected chi connectivity index (χ0v) is 12.0. The predicted molar refractivity (Wildman–Crippen MR) is 79.8 cm³/mol. The number of rotatable bonds is 6. The topological polar surface area (TPSA) is 12.5 Å². The van der Waals surface area contributed by atoms with Crippen LogP contribution in [-0.2, 0) is 6.42 Å². The van der Waals surface area contributed by atoms with Crippen LogP contribution in [0.4, 0.5) is 4.39 Å². The molecule has 0 unspecified atom stereocenters. The Balaban J connectivity index is 2.13. The molecule has 0 radical (unpaired) electrons. The lowest BCUT2D eigenvalue weighted by Gasteiger charge is -2.13. The van der Waals surface area contributed by atoms with E-state index in [1.54, 1.807) is 6.07 Å². The highest BCUT2D eigenvalue weighted by Gasteiger charge is 2.10. The van der Waals surface area contributed by atoms with Gasteiger partial charge >= 0.3 is 0 Å². The molecule has 0 saturated carbocycles. The summed E-state index contributed by atoms with van der Waals surface area (Å²) in [7, 11) is 4.03. The summed E-state index contributed by atoms with van der Waals surface area (Å²) < 4.78 is 19.8. The Morgan fingerprint density at radius 3 is 2.45 bits per heavy atom. The summed E-state index contributed by atoms with van der Waals surface area (Å²) in [5.74, 6) is 1.14. The van der Waals surface area contributed by atoms with Crippen LogP contribution < -0.4 is 4.74 Å². The first-order valence-electron chi connectivity index (χ1n) is 6.82. The van der Waals surface area contributed by atoms with E-state index in [-0.39, 0.29) is 5.82 Å². The fourth-order valence-electron chi connectivity index (χ4n) is 2.06. The molecule has 0 fully saturated rings. The number of hydrogen-bond donors (Lipinski definition) is 0. The highest BCUT2D eigenvalue weighted by Crippen LogP contribution is 2.28. The molecule has 0 heterocycles. The van der Waals surface area contributed by atoms with E-state index in [4.69, 9.17) is 4.74 Å². The molecule has 0 spiro atoms. The van der Waals surface area contributed by atoms with Crippen LogP contribution in [0.15, 0.2) is 48.5 Å². The van der Waals surface area contributed by atoms with Crippen LogP contribution in [0, 0.1) is 5.82 Å². The number of para-hydroxylation sites is 1. The Bertz CT molecular complexity index is 540. The van der Waals surface area contributed by atoms with Crippen molar-refractivity contribution in [3.8, 4) is 11.5 Å². The van der Waals surface area contributed by atoms with Crippen LogP contribution in [0.2, 0.25) is 0 Å². The number of halogens is 1. The molecule has 0 aliphatic heterocycles. The zero-order valence-electron chi connectivity index (χ0n) is 12.0. The molecule has 20 heavy (non-hydrogen) atoms. The lowest BCUT2D eigenvalue weighted by molar-refractivity contribution is 0.395. The van der Waals surface area contributed by atoms with Gasteiger partial charge in [-0.1, -0.05) is 24.3 Å². The predicted octanol–water partition coefficient (Wildman–Crippen LogP) is 4.11. The average Bonchev–Trinajstić information content (AvgIpc) is 2.43. The van der Waals surface area contributed by atoms with E-state index in [2.05, 4.69) is 4.90 Å². The van der Waals surface area contributed by atoms with E-state index in [1.807, 2.05) is 50.5 Å². The van der Waals surface area contributed by atoms with Gasteiger partial charge in [0.05, 0.1) is 0 Å². The number of nitrogens with zero attached hydrogens (tertiary/aromatic N) is 1. The Hall–Kier alpha value is -1.87. The van der Waals surface area contributed by atoms with Crippen molar-refractivity contribution >= 4 is 0 Å². The van der Waals surface area contributed by atoms with Gasteiger partial charge in [0.15, 0.2) is 0 Å². The van der Waals surface area contributed by atoms with E-state index in [0.717, 1.165) is 18.7 Å². The fraction of sp³-hybridized carbons (Fsp3) is 0.294. The SMILES string of the molecule is CN(C)CCCc1c(F)cccc1Oc1ccccc1. The van der Waals surface area contributed by atoms with Gasteiger partial charge in [0.2, 0.25) is 0 Å². The highest BCUT2D eigenvalue weighted by atomic mass is 19.1. The van der Waals surface area contributed by atoms with Crippen molar-refractivity contribution < 1.29 is 9.13 Å². The first kappa shape index (κ1) is 14.5. The smallest absolute Gasteiger partial charge is 0.133 e. The van der Waals surface area contributed by atoms with Crippen LogP contribution in [0.25, 0.3) is 0 Å². The van der Waals surface area contributed by atoms with Crippen LogP contribution in [0.5, 0.6) is 11.5 Å². The minimum atomic E-state index is -0.197. The lowest BCUT2D eigenvalue weighted by atomic mass is 10.1. The minimum absolute atomic E-state index is 0.197.